The van der Waals surface area contributed by atoms with Gasteiger partial charge in [-0.05, 0) is 43.4 Å². The van der Waals surface area contributed by atoms with Crippen molar-refractivity contribution in [2.75, 3.05) is 18.4 Å². The van der Waals surface area contributed by atoms with Crippen LogP contribution >= 0.6 is 11.6 Å². The minimum absolute atomic E-state index is 0.0352. The molecule has 0 amide bonds. The maximum atomic E-state index is 13.5. The number of likely N-dealkylation sites (tertiary alicyclic amines) is 1. The number of hydrogen-bond donors (Lipinski definition) is 1. The predicted octanol–water partition coefficient (Wildman–Crippen LogP) is 5.52. The molecule has 1 aliphatic heterocycles. The second kappa shape index (κ2) is 9.44. The first-order chi connectivity index (χ1) is 17.2. The molecule has 0 atom stereocenters. The van der Waals surface area contributed by atoms with Gasteiger partial charge in [0.1, 0.15) is 5.65 Å². The molecule has 0 radical (unpaired) electrons. The van der Waals surface area contributed by atoms with E-state index in [0.29, 0.717) is 28.2 Å². The number of aromatic nitrogens is 3. The van der Waals surface area contributed by atoms with Gasteiger partial charge in [-0.1, -0.05) is 60.1 Å². The van der Waals surface area contributed by atoms with Gasteiger partial charge in [-0.25, -0.2) is 4.98 Å². The summed E-state index contributed by atoms with van der Waals surface area (Å²) in [5, 5.41) is 4.96. The van der Waals surface area contributed by atoms with Crippen molar-refractivity contribution in [3.05, 3.63) is 87.8 Å². The number of hydrogen-bond acceptors (Lipinski definition) is 5. The molecule has 3 heterocycles. The van der Waals surface area contributed by atoms with Crippen LogP contribution in [0.1, 0.15) is 37.3 Å². The molecule has 2 aromatic carbocycles. The molecule has 35 heavy (non-hydrogen) atoms. The lowest BCUT2D eigenvalue weighted by molar-refractivity contribution is 0.211. The fourth-order valence-corrected chi connectivity index (χ4v) is 5.23. The highest BCUT2D eigenvalue weighted by Crippen LogP contribution is 2.37. The number of nitrogens with zero attached hydrogens (tertiary/aromatic N) is 4. The van der Waals surface area contributed by atoms with Gasteiger partial charge < -0.3 is 5.32 Å². The molecule has 2 fully saturated rings. The third-order valence-electron chi connectivity index (χ3n) is 7.02. The van der Waals surface area contributed by atoms with Crippen LogP contribution in [0.25, 0.3) is 22.2 Å². The number of halogens is 1. The van der Waals surface area contributed by atoms with Crippen molar-refractivity contribution in [1.29, 1.82) is 0 Å². The summed E-state index contributed by atoms with van der Waals surface area (Å²) in [5.74, 6) is 0.596. The summed E-state index contributed by atoms with van der Waals surface area (Å²) in [4.78, 5) is 25.5. The smallest absolute Gasteiger partial charge is 0.260 e. The van der Waals surface area contributed by atoms with Crippen LogP contribution in [-0.2, 0) is 6.54 Å². The zero-order valence-corrected chi connectivity index (χ0v) is 20.3. The van der Waals surface area contributed by atoms with E-state index in [1.54, 1.807) is 0 Å². The molecule has 178 valence electrons. The standard InChI is InChI=1S/C28H28ClN5O/c29-25-9-5-4-8-23(25)24-16-20-17-30-28(32-26(20)34(27(24)35)22-10-11-22)31-21-12-14-33(15-13-21)18-19-6-2-1-3-7-19/h1-9,16-17,21-22H,10-15,18H2,(H,30,31,32). The summed E-state index contributed by atoms with van der Waals surface area (Å²) in [6.45, 7) is 3.06. The molecule has 0 spiro atoms. The van der Waals surface area contributed by atoms with E-state index in [4.69, 9.17) is 16.6 Å². The van der Waals surface area contributed by atoms with E-state index in [-0.39, 0.29) is 11.6 Å². The summed E-state index contributed by atoms with van der Waals surface area (Å²) in [6, 6.07) is 20.5. The van der Waals surface area contributed by atoms with Gasteiger partial charge in [-0.2, -0.15) is 4.98 Å². The fraction of sp³-hybridized carbons (Fsp3) is 0.321. The molecule has 0 bridgehead atoms. The van der Waals surface area contributed by atoms with E-state index in [1.165, 1.54) is 5.56 Å². The maximum Gasteiger partial charge on any atom is 0.260 e. The Morgan fingerprint density at radius 1 is 0.943 bits per heavy atom. The van der Waals surface area contributed by atoms with Gasteiger partial charge in [0.2, 0.25) is 5.95 Å². The molecule has 2 aromatic heterocycles. The van der Waals surface area contributed by atoms with Crippen LogP contribution in [0, 0.1) is 0 Å². The Bertz CT molecular complexity index is 1410. The molecule has 6 nitrogen and oxygen atoms in total. The van der Waals surface area contributed by atoms with Crippen molar-refractivity contribution in [2.24, 2.45) is 0 Å². The Hall–Kier alpha value is -3.22. The monoisotopic (exact) mass is 485 g/mol. The van der Waals surface area contributed by atoms with Crippen molar-refractivity contribution in [1.82, 2.24) is 19.4 Å². The highest BCUT2D eigenvalue weighted by molar-refractivity contribution is 6.33. The Morgan fingerprint density at radius 3 is 2.43 bits per heavy atom. The molecule has 6 rings (SSSR count). The van der Waals surface area contributed by atoms with Crippen molar-refractivity contribution in [2.45, 2.75) is 44.3 Å². The second-order valence-corrected chi connectivity index (χ2v) is 10.0. The average Bonchev–Trinajstić information content (AvgIpc) is 3.71. The van der Waals surface area contributed by atoms with Crippen LogP contribution in [0.15, 0.2) is 71.7 Å². The third-order valence-corrected chi connectivity index (χ3v) is 7.35. The lowest BCUT2D eigenvalue weighted by Crippen LogP contribution is -2.39. The minimum Gasteiger partial charge on any atom is -0.351 e. The number of nitrogens with one attached hydrogen (secondary N) is 1. The number of piperidine rings is 1. The first-order valence-electron chi connectivity index (χ1n) is 12.4. The number of fused-ring (bicyclic) bond motifs is 1. The molecule has 0 unspecified atom stereocenters. The van der Waals surface area contributed by atoms with Crippen LogP contribution in [-0.4, -0.2) is 38.6 Å². The first-order valence-corrected chi connectivity index (χ1v) is 12.7. The van der Waals surface area contributed by atoms with E-state index in [0.717, 1.165) is 56.3 Å². The Labute approximate surface area is 209 Å². The molecule has 1 saturated heterocycles. The Kier molecular flexibility index (Phi) is 6.00. The summed E-state index contributed by atoms with van der Waals surface area (Å²) in [5.41, 5.74) is 3.37. The topological polar surface area (TPSA) is 63.1 Å². The average molecular weight is 486 g/mol. The lowest BCUT2D eigenvalue weighted by atomic mass is 10.0. The summed E-state index contributed by atoms with van der Waals surface area (Å²) >= 11 is 6.43. The third kappa shape index (κ3) is 4.68. The van der Waals surface area contributed by atoms with Crippen LogP contribution < -0.4 is 10.9 Å². The molecule has 1 N–H and O–H groups in total. The second-order valence-electron chi connectivity index (χ2n) is 9.60. The molecule has 4 aromatic rings. The summed E-state index contributed by atoms with van der Waals surface area (Å²) < 4.78 is 1.85. The highest BCUT2D eigenvalue weighted by atomic mass is 35.5. The molecule has 1 saturated carbocycles. The van der Waals surface area contributed by atoms with Gasteiger partial charge in [0, 0.05) is 59.5 Å². The highest BCUT2D eigenvalue weighted by Gasteiger charge is 2.29. The van der Waals surface area contributed by atoms with Gasteiger partial charge in [-0.3, -0.25) is 14.3 Å². The Morgan fingerprint density at radius 2 is 1.69 bits per heavy atom. The zero-order chi connectivity index (χ0) is 23.8. The first kappa shape index (κ1) is 22.3. The van der Waals surface area contributed by atoms with E-state index < -0.39 is 0 Å². The van der Waals surface area contributed by atoms with Gasteiger partial charge in [0.05, 0.1) is 0 Å². The number of pyridine rings is 1. The summed E-state index contributed by atoms with van der Waals surface area (Å²) in [7, 11) is 0. The van der Waals surface area contributed by atoms with Gasteiger partial charge in [-0.15, -0.1) is 0 Å². The van der Waals surface area contributed by atoms with E-state index in [9.17, 15) is 4.79 Å². The molecule has 2 aliphatic rings. The van der Waals surface area contributed by atoms with Crippen molar-refractivity contribution >= 4 is 28.6 Å². The zero-order valence-electron chi connectivity index (χ0n) is 19.5. The molecule has 7 heteroatoms. The predicted molar refractivity (Wildman–Crippen MR) is 141 cm³/mol. The Balaban J connectivity index is 1.23. The maximum absolute atomic E-state index is 13.5. The van der Waals surface area contributed by atoms with Crippen LogP contribution in [0.4, 0.5) is 5.95 Å². The fourth-order valence-electron chi connectivity index (χ4n) is 4.99. The van der Waals surface area contributed by atoms with E-state index >= 15 is 0 Å². The number of benzene rings is 2. The SMILES string of the molecule is O=c1c(-c2ccccc2Cl)cc2cnc(NC3CCN(Cc4ccccc4)CC3)nc2n1C1CC1. The van der Waals surface area contributed by atoms with Crippen LogP contribution in [0.2, 0.25) is 5.02 Å². The van der Waals surface area contributed by atoms with Crippen molar-refractivity contribution in [3.63, 3.8) is 0 Å². The van der Waals surface area contributed by atoms with Crippen molar-refractivity contribution < 1.29 is 0 Å². The quantitative estimate of drug-likeness (QED) is 0.389. The number of anilines is 1. The van der Waals surface area contributed by atoms with Crippen molar-refractivity contribution in [3.8, 4) is 11.1 Å². The normalized spacial score (nSPS) is 17.1. The van der Waals surface area contributed by atoms with Gasteiger partial charge in [0.15, 0.2) is 0 Å². The largest absolute Gasteiger partial charge is 0.351 e. The van der Waals surface area contributed by atoms with Crippen LogP contribution in [0.3, 0.4) is 0 Å². The molecular weight excluding hydrogens is 458 g/mol. The van der Waals surface area contributed by atoms with Gasteiger partial charge in [0.25, 0.3) is 5.56 Å². The molecule has 1 aliphatic carbocycles. The number of rotatable bonds is 6. The lowest BCUT2D eigenvalue weighted by Gasteiger charge is -2.32. The van der Waals surface area contributed by atoms with E-state index in [1.807, 2.05) is 41.1 Å². The van der Waals surface area contributed by atoms with Gasteiger partial charge >= 0.3 is 0 Å². The van der Waals surface area contributed by atoms with E-state index in [2.05, 4.69) is 45.5 Å². The van der Waals surface area contributed by atoms with Crippen LogP contribution in [0.5, 0.6) is 0 Å². The summed E-state index contributed by atoms with van der Waals surface area (Å²) in [6.07, 6.45) is 5.89. The molecular formula is C28H28ClN5O. The minimum atomic E-state index is -0.0352.